The van der Waals surface area contributed by atoms with E-state index in [4.69, 9.17) is 4.74 Å². The van der Waals surface area contributed by atoms with Crippen molar-refractivity contribution in [3.8, 4) is 5.88 Å². The Morgan fingerprint density at radius 1 is 1.10 bits per heavy atom. The van der Waals surface area contributed by atoms with E-state index in [1.54, 1.807) is 17.2 Å². The molecule has 4 rings (SSSR count). The summed E-state index contributed by atoms with van der Waals surface area (Å²) in [7, 11) is 0. The van der Waals surface area contributed by atoms with Gasteiger partial charge >= 0.3 is 0 Å². The first-order valence-electron chi connectivity index (χ1n) is 10.5. The predicted molar refractivity (Wildman–Crippen MR) is 113 cm³/mol. The number of likely N-dealkylation sites (tertiary alicyclic amines) is 1. The van der Waals surface area contributed by atoms with Crippen LogP contribution in [0.15, 0.2) is 30.5 Å². The summed E-state index contributed by atoms with van der Waals surface area (Å²) in [6.45, 7) is 7.66. The average molecular weight is 409 g/mol. The highest BCUT2D eigenvalue weighted by Gasteiger charge is 2.38. The van der Waals surface area contributed by atoms with E-state index < -0.39 is 0 Å². The Hall–Kier alpha value is -2.96. The highest BCUT2D eigenvalue weighted by atomic mass is 16.5. The van der Waals surface area contributed by atoms with Crippen molar-refractivity contribution in [1.29, 1.82) is 0 Å². The maximum atomic E-state index is 13.0. The molecule has 0 bridgehead atoms. The molecule has 2 saturated heterocycles. The first-order chi connectivity index (χ1) is 14.4. The van der Waals surface area contributed by atoms with Gasteiger partial charge in [-0.1, -0.05) is 6.07 Å². The van der Waals surface area contributed by atoms with E-state index in [1.807, 2.05) is 36.9 Å². The molecule has 3 heterocycles. The van der Waals surface area contributed by atoms with Crippen LogP contribution in [0.2, 0.25) is 0 Å². The molecule has 0 spiro atoms. The van der Waals surface area contributed by atoms with E-state index in [-0.39, 0.29) is 30.3 Å². The van der Waals surface area contributed by atoms with Gasteiger partial charge in [-0.05, 0) is 44.0 Å². The van der Waals surface area contributed by atoms with Gasteiger partial charge in [0.15, 0.2) is 0 Å². The van der Waals surface area contributed by atoms with Crippen LogP contribution < -0.4 is 9.64 Å². The van der Waals surface area contributed by atoms with Crippen molar-refractivity contribution in [3.05, 3.63) is 47.4 Å². The van der Waals surface area contributed by atoms with Crippen LogP contribution >= 0.6 is 0 Å². The van der Waals surface area contributed by atoms with Crippen LogP contribution in [0.25, 0.3) is 0 Å². The zero-order valence-electron chi connectivity index (χ0n) is 17.8. The van der Waals surface area contributed by atoms with E-state index in [0.717, 1.165) is 24.1 Å². The van der Waals surface area contributed by atoms with Crippen LogP contribution in [0.4, 0.5) is 5.69 Å². The van der Waals surface area contributed by atoms with Gasteiger partial charge in [0.05, 0.1) is 5.92 Å². The highest BCUT2D eigenvalue weighted by Crippen LogP contribution is 2.29. The molecule has 7 nitrogen and oxygen atoms in total. The molecule has 2 fully saturated rings. The van der Waals surface area contributed by atoms with Crippen molar-refractivity contribution in [2.75, 3.05) is 24.5 Å². The molecule has 1 aromatic carbocycles. The number of amides is 2. The van der Waals surface area contributed by atoms with Crippen LogP contribution in [0, 0.1) is 26.7 Å². The van der Waals surface area contributed by atoms with Crippen molar-refractivity contribution in [2.24, 2.45) is 5.92 Å². The molecule has 7 heteroatoms. The molecule has 0 aliphatic carbocycles. The van der Waals surface area contributed by atoms with E-state index in [0.29, 0.717) is 31.3 Å². The number of aromatic nitrogens is 2. The number of anilines is 1. The average Bonchev–Trinajstić information content (AvgIpc) is 3.12. The smallest absolute Gasteiger partial charge is 0.228 e. The van der Waals surface area contributed by atoms with Gasteiger partial charge in [-0.3, -0.25) is 9.59 Å². The first-order valence-corrected chi connectivity index (χ1v) is 10.5. The minimum Gasteiger partial charge on any atom is -0.474 e. The zero-order valence-corrected chi connectivity index (χ0v) is 17.8. The lowest BCUT2D eigenvalue weighted by molar-refractivity contribution is -0.137. The van der Waals surface area contributed by atoms with Gasteiger partial charge in [0, 0.05) is 56.8 Å². The Kier molecular flexibility index (Phi) is 5.70. The summed E-state index contributed by atoms with van der Waals surface area (Å²) >= 11 is 0. The van der Waals surface area contributed by atoms with Crippen molar-refractivity contribution in [1.82, 2.24) is 14.9 Å². The number of hydrogen-bond donors (Lipinski definition) is 0. The topological polar surface area (TPSA) is 75.6 Å². The van der Waals surface area contributed by atoms with E-state index >= 15 is 0 Å². The lowest BCUT2D eigenvalue weighted by atomic mass is 10.0. The van der Waals surface area contributed by atoms with Gasteiger partial charge in [-0.2, -0.15) is 4.98 Å². The molecule has 0 saturated carbocycles. The third kappa shape index (κ3) is 4.30. The number of piperidine rings is 1. The van der Waals surface area contributed by atoms with E-state index in [1.165, 1.54) is 5.56 Å². The number of rotatable bonds is 4. The van der Waals surface area contributed by atoms with Gasteiger partial charge in [-0.25, -0.2) is 4.98 Å². The number of carbonyl (C=O) groups is 2. The van der Waals surface area contributed by atoms with Crippen molar-refractivity contribution in [2.45, 2.75) is 46.1 Å². The number of carbonyl (C=O) groups excluding carboxylic acids is 2. The molecular formula is C23H28N4O3. The lowest BCUT2D eigenvalue weighted by Crippen LogP contribution is -2.45. The number of aryl methyl sites for hydroxylation is 3. The van der Waals surface area contributed by atoms with E-state index in [9.17, 15) is 9.59 Å². The standard InChI is InChI=1S/C23H28N4O3/c1-15-4-5-19(12-16(15)2)27-14-18(13-22(27)28)23(29)26-10-7-20(8-11-26)30-21-6-9-24-17(3)25-21/h4-6,9,12,18,20H,7-8,10-11,13-14H2,1-3H3. The third-order valence-corrected chi connectivity index (χ3v) is 6.07. The summed E-state index contributed by atoms with van der Waals surface area (Å²) in [6, 6.07) is 7.77. The summed E-state index contributed by atoms with van der Waals surface area (Å²) in [5, 5.41) is 0. The second kappa shape index (κ2) is 8.42. The van der Waals surface area contributed by atoms with Crippen LogP contribution in [0.1, 0.15) is 36.2 Å². The van der Waals surface area contributed by atoms with Gasteiger partial charge in [0.1, 0.15) is 11.9 Å². The molecule has 30 heavy (non-hydrogen) atoms. The molecule has 2 aliphatic heterocycles. The minimum absolute atomic E-state index is 0.0222. The molecule has 158 valence electrons. The second-order valence-electron chi connectivity index (χ2n) is 8.26. The molecule has 2 aromatic rings. The molecule has 0 N–H and O–H groups in total. The fourth-order valence-corrected chi connectivity index (χ4v) is 4.14. The van der Waals surface area contributed by atoms with Gasteiger partial charge in [0.2, 0.25) is 17.7 Å². The maximum absolute atomic E-state index is 13.0. The van der Waals surface area contributed by atoms with Crippen molar-refractivity contribution in [3.63, 3.8) is 0 Å². The number of nitrogens with zero attached hydrogens (tertiary/aromatic N) is 4. The first kappa shape index (κ1) is 20.3. The molecular weight excluding hydrogens is 380 g/mol. The fourth-order valence-electron chi connectivity index (χ4n) is 4.14. The van der Waals surface area contributed by atoms with Crippen LogP contribution in [0.5, 0.6) is 5.88 Å². The summed E-state index contributed by atoms with van der Waals surface area (Å²) in [6.07, 6.45) is 3.53. The largest absolute Gasteiger partial charge is 0.474 e. The summed E-state index contributed by atoms with van der Waals surface area (Å²) in [5.41, 5.74) is 3.22. The molecule has 2 aliphatic rings. The van der Waals surface area contributed by atoms with Gasteiger partial charge in [0.25, 0.3) is 0 Å². The van der Waals surface area contributed by atoms with Crippen molar-refractivity contribution < 1.29 is 14.3 Å². The minimum atomic E-state index is -0.277. The Morgan fingerprint density at radius 3 is 2.57 bits per heavy atom. The Morgan fingerprint density at radius 2 is 1.87 bits per heavy atom. The lowest BCUT2D eigenvalue weighted by Gasteiger charge is -2.33. The quantitative estimate of drug-likeness (QED) is 0.778. The summed E-state index contributed by atoms with van der Waals surface area (Å²) in [5.74, 6) is 1.08. The van der Waals surface area contributed by atoms with Gasteiger partial charge in [-0.15, -0.1) is 0 Å². The molecule has 1 atom stereocenters. The Balaban J connectivity index is 1.33. The monoisotopic (exact) mass is 408 g/mol. The molecule has 0 radical (unpaired) electrons. The Labute approximate surface area is 177 Å². The van der Waals surface area contributed by atoms with Gasteiger partial charge < -0.3 is 14.5 Å². The molecule has 1 unspecified atom stereocenters. The van der Waals surface area contributed by atoms with E-state index in [2.05, 4.69) is 16.9 Å². The SMILES string of the molecule is Cc1nccc(OC2CCN(C(=O)C3CC(=O)N(c4ccc(C)c(C)c4)C3)CC2)n1. The molecule has 2 amide bonds. The zero-order chi connectivity index (χ0) is 21.3. The van der Waals surface area contributed by atoms with Crippen LogP contribution in [-0.2, 0) is 9.59 Å². The maximum Gasteiger partial charge on any atom is 0.228 e. The number of hydrogen-bond acceptors (Lipinski definition) is 5. The number of benzene rings is 1. The number of ether oxygens (including phenoxy) is 1. The highest BCUT2D eigenvalue weighted by molar-refractivity contribution is 6.00. The normalized spacial score (nSPS) is 20.0. The van der Waals surface area contributed by atoms with Crippen molar-refractivity contribution >= 4 is 17.5 Å². The summed E-state index contributed by atoms with van der Waals surface area (Å²) in [4.78, 5) is 37.6. The second-order valence-corrected chi connectivity index (χ2v) is 8.26. The predicted octanol–water partition coefficient (Wildman–Crippen LogP) is 2.82. The fraction of sp³-hybridized carbons (Fsp3) is 0.478. The summed E-state index contributed by atoms with van der Waals surface area (Å²) < 4.78 is 5.95. The van der Waals surface area contributed by atoms with Crippen LogP contribution in [0.3, 0.4) is 0 Å². The third-order valence-electron chi connectivity index (χ3n) is 6.07. The van der Waals surface area contributed by atoms with Crippen LogP contribution in [-0.4, -0.2) is 52.4 Å². The molecule has 1 aromatic heterocycles. The Bertz CT molecular complexity index is 953.